The van der Waals surface area contributed by atoms with Gasteiger partial charge in [0.2, 0.25) is 0 Å². The number of nitrogens with zero attached hydrogens (tertiary/aromatic N) is 2. The molecule has 2 aromatic rings. The van der Waals surface area contributed by atoms with E-state index in [0.717, 1.165) is 51.0 Å². The van der Waals surface area contributed by atoms with Gasteiger partial charge in [-0.05, 0) is 61.6 Å². The summed E-state index contributed by atoms with van der Waals surface area (Å²) in [6.07, 6.45) is 3.19. The molecule has 0 aliphatic carbocycles. The Hall–Kier alpha value is -2.38. The average molecular weight is 416 g/mol. The number of aromatic hydroxyl groups is 2. The van der Waals surface area contributed by atoms with Crippen LogP contribution in [0.1, 0.15) is 24.8 Å². The Bertz CT molecular complexity index is 899. The third kappa shape index (κ3) is 4.31. The van der Waals surface area contributed by atoms with E-state index in [9.17, 15) is 14.6 Å². The number of anilines is 1. The van der Waals surface area contributed by atoms with Gasteiger partial charge >= 0.3 is 0 Å². The summed E-state index contributed by atoms with van der Waals surface area (Å²) in [5, 5.41) is 23.4. The van der Waals surface area contributed by atoms with E-state index in [0.29, 0.717) is 17.3 Å². The molecule has 5 nitrogen and oxygen atoms in total. The summed E-state index contributed by atoms with van der Waals surface area (Å²) in [6, 6.07) is 11.7. The minimum absolute atomic E-state index is 0.0205. The summed E-state index contributed by atoms with van der Waals surface area (Å²) < 4.78 is 13.9. The molecule has 4 rings (SSSR count). The third-order valence-corrected chi connectivity index (χ3v) is 6.60. The van der Waals surface area contributed by atoms with E-state index in [1.165, 1.54) is 12.1 Å². The van der Waals surface area contributed by atoms with Crippen LogP contribution in [0.4, 0.5) is 10.1 Å². The van der Waals surface area contributed by atoms with E-state index in [1.807, 2.05) is 6.07 Å². The van der Waals surface area contributed by atoms with Gasteiger partial charge in [0.25, 0.3) is 0 Å². The van der Waals surface area contributed by atoms with E-state index < -0.39 is 0 Å². The van der Waals surface area contributed by atoms with Crippen LogP contribution < -0.4 is 5.32 Å². The van der Waals surface area contributed by atoms with Crippen molar-refractivity contribution in [1.82, 2.24) is 9.80 Å². The topological polar surface area (TPSA) is 59.0 Å². The molecule has 0 saturated carbocycles. The summed E-state index contributed by atoms with van der Waals surface area (Å²) >= 11 is 5.50. The van der Waals surface area contributed by atoms with Crippen LogP contribution in [-0.2, 0) is 6.54 Å². The molecule has 7 heteroatoms. The van der Waals surface area contributed by atoms with E-state index >= 15 is 0 Å². The Morgan fingerprint density at radius 2 is 1.76 bits per heavy atom. The van der Waals surface area contributed by atoms with Crippen molar-refractivity contribution in [2.45, 2.75) is 25.8 Å². The maximum absolute atomic E-state index is 13.9. The normalized spacial score (nSPS) is 18.9. The zero-order valence-corrected chi connectivity index (χ0v) is 17.1. The molecule has 3 N–H and O–H groups in total. The van der Waals surface area contributed by atoms with E-state index in [1.54, 1.807) is 24.3 Å². The van der Waals surface area contributed by atoms with Gasteiger partial charge in [0.05, 0.1) is 5.69 Å². The molecule has 2 aliphatic heterocycles. The Morgan fingerprint density at radius 1 is 1.03 bits per heavy atom. The molecular formula is C22H26FN3O2S. The number of piperidine rings is 1. The number of hydrogen-bond donors (Lipinski definition) is 3. The summed E-state index contributed by atoms with van der Waals surface area (Å²) in [6.45, 7) is 4.30. The number of likely N-dealkylation sites (tertiary alicyclic amines) is 2. The molecule has 0 unspecified atom stereocenters. The number of benzene rings is 2. The van der Waals surface area contributed by atoms with Gasteiger partial charge in [-0.3, -0.25) is 4.90 Å². The summed E-state index contributed by atoms with van der Waals surface area (Å²) in [7, 11) is 0. The summed E-state index contributed by atoms with van der Waals surface area (Å²) in [5.41, 5.74) is 1.43. The fourth-order valence-corrected chi connectivity index (χ4v) is 4.75. The van der Waals surface area contributed by atoms with Crippen LogP contribution in [0, 0.1) is 11.2 Å². The number of thiocarbonyl (C=S) groups is 1. The molecule has 1 spiro atoms. The first-order valence-corrected chi connectivity index (χ1v) is 10.4. The molecule has 0 aromatic heterocycles. The predicted molar refractivity (Wildman–Crippen MR) is 116 cm³/mol. The van der Waals surface area contributed by atoms with Crippen LogP contribution in [0.15, 0.2) is 42.5 Å². The fraction of sp³-hybridized carbons (Fsp3) is 0.409. The maximum atomic E-state index is 13.9. The van der Waals surface area contributed by atoms with Crippen molar-refractivity contribution in [2.24, 2.45) is 5.41 Å². The lowest BCUT2D eigenvalue weighted by molar-refractivity contribution is 0.149. The number of phenolic OH excluding ortho intramolecular Hbond substituents is 2. The first-order valence-electron chi connectivity index (χ1n) is 9.98. The van der Waals surface area contributed by atoms with Gasteiger partial charge in [-0.2, -0.15) is 0 Å². The molecule has 0 bridgehead atoms. The van der Waals surface area contributed by atoms with Crippen molar-refractivity contribution >= 4 is 23.0 Å². The van der Waals surface area contributed by atoms with Crippen molar-refractivity contribution in [3.63, 3.8) is 0 Å². The second kappa shape index (κ2) is 8.16. The van der Waals surface area contributed by atoms with Crippen LogP contribution in [-0.4, -0.2) is 51.3 Å². The molecule has 0 amide bonds. The minimum Gasteiger partial charge on any atom is -0.504 e. The molecule has 2 saturated heterocycles. The van der Waals surface area contributed by atoms with Crippen molar-refractivity contribution in [1.29, 1.82) is 0 Å². The van der Waals surface area contributed by atoms with Crippen LogP contribution >= 0.6 is 12.2 Å². The first kappa shape index (κ1) is 19.9. The molecule has 2 heterocycles. The summed E-state index contributed by atoms with van der Waals surface area (Å²) in [5.74, 6) is -0.390. The van der Waals surface area contributed by atoms with E-state index in [-0.39, 0.29) is 22.7 Å². The van der Waals surface area contributed by atoms with E-state index in [4.69, 9.17) is 12.2 Å². The number of para-hydroxylation sites is 2. The van der Waals surface area contributed by atoms with Crippen LogP contribution in [0.25, 0.3) is 0 Å². The van der Waals surface area contributed by atoms with Gasteiger partial charge in [-0.1, -0.05) is 24.3 Å². The monoisotopic (exact) mass is 415 g/mol. The lowest BCUT2D eigenvalue weighted by atomic mass is 9.78. The quantitative estimate of drug-likeness (QED) is 0.522. The Kier molecular flexibility index (Phi) is 5.61. The Labute approximate surface area is 175 Å². The zero-order valence-electron chi connectivity index (χ0n) is 16.3. The molecule has 0 atom stereocenters. The standard InChI is InChI=1S/C22H26FN3O2S/c23-17-5-1-2-6-18(17)24-21(29)26-12-9-22(10-13-26)8-11-25(15-22)14-16-4-3-7-19(27)20(16)28/h1-7,27-28H,8-15H2,(H,24,29). The average Bonchev–Trinajstić information content (AvgIpc) is 3.10. The first-order chi connectivity index (χ1) is 14.0. The van der Waals surface area contributed by atoms with Gasteiger partial charge in [0.15, 0.2) is 16.6 Å². The lowest BCUT2D eigenvalue weighted by Crippen LogP contribution is -2.45. The smallest absolute Gasteiger partial charge is 0.173 e. The van der Waals surface area contributed by atoms with Crippen LogP contribution in [0.2, 0.25) is 0 Å². The molecule has 0 radical (unpaired) electrons. The predicted octanol–water partition coefficient (Wildman–Crippen LogP) is 3.92. The van der Waals surface area contributed by atoms with Crippen molar-refractivity contribution in [2.75, 3.05) is 31.5 Å². The highest BCUT2D eigenvalue weighted by atomic mass is 32.1. The SMILES string of the molecule is Oc1cccc(CN2CCC3(CCN(C(=S)Nc4ccccc4F)CC3)C2)c1O. The molecular weight excluding hydrogens is 389 g/mol. The van der Waals surface area contributed by atoms with Gasteiger partial charge < -0.3 is 20.4 Å². The molecule has 2 aliphatic rings. The minimum atomic E-state index is -0.301. The highest BCUT2D eigenvalue weighted by Gasteiger charge is 2.41. The second-order valence-electron chi connectivity index (χ2n) is 8.14. The Morgan fingerprint density at radius 3 is 2.52 bits per heavy atom. The largest absolute Gasteiger partial charge is 0.504 e. The highest BCUT2D eigenvalue weighted by Crippen LogP contribution is 2.41. The van der Waals surface area contributed by atoms with Crippen molar-refractivity contribution in [3.8, 4) is 11.5 Å². The highest BCUT2D eigenvalue weighted by molar-refractivity contribution is 7.80. The Balaban J connectivity index is 1.32. The van der Waals surface area contributed by atoms with Gasteiger partial charge in [0, 0.05) is 31.7 Å². The molecule has 29 heavy (non-hydrogen) atoms. The number of nitrogens with one attached hydrogen (secondary N) is 1. The number of hydrogen-bond acceptors (Lipinski definition) is 4. The number of halogens is 1. The lowest BCUT2D eigenvalue weighted by Gasteiger charge is -2.40. The van der Waals surface area contributed by atoms with Crippen LogP contribution in [0.5, 0.6) is 11.5 Å². The van der Waals surface area contributed by atoms with Crippen molar-refractivity contribution < 1.29 is 14.6 Å². The maximum Gasteiger partial charge on any atom is 0.173 e. The van der Waals surface area contributed by atoms with Crippen molar-refractivity contribution in [3.05, 3.63) is 53.8 Å². The molecule has 2 aromatic carbocycles. The number of rotatable bonds is 3. The molecule has 154 valence electrons. The van der Waals surface area contributed by atoms with Gasteiger partial charge in [-0.15, -0.1) is 0 Å². The third-order valence-electron chi connectivity index (χ3n) is 6.24. The van der Waals surface area contributed by atoms with E-state index in [2.05, 4.69) is 15.1 Å². The zero-order chi connectivity index (χ0) is 20.4. The fourth-order valence-electron chi connectivity index (χ4n) is 4.46. The van der Waals surface area contributed by atoms with Gasteiger partial charge in [0.1, 0.15) is 5.82 Å². The van der Waals surface area contributed by atoms with Gasteiger partial charge in [-0.25, -0.2) is 4.39 Å². The summed E-state index contributed by atoms with van der Waals surface area (Å²) in [4.78, 5) is 4.47. The van der Waals surface area contributed by atoms with Crippen LogP contribution in [0.3, 0.4) is 0 Å². The second-order valence-corrected chi connectivity index (χ2v) is 8.53. The number of phenols is 2. The molecule has 2 fully saturated rings.